The molecule has 0 aromatic rings. The quantitative estimate of drug-likeness (QED) is 0.497. The van der Waals surface area contributed by atoms with Crippen LogP contribution >= 0.6 is 11.6 Å². The predicted octanol–water partition coefficient (Wildman–Crippen LogP) is 4.66. The van der Waals surface area contributed by atoms with Gasteiger partial charge < -0.3 is 5.32 Å². The lowest BCUT2D eigenvalue weighted by Gasteiger charge is -2.13. The van der Waals surface area contributed by atoms with Crippen molar-refractivity contribution >= 4 is 29.0 Å². The van der Waals surface area contributed by atoms with Crippen molar-refractivity contribution < 1.29 is 18.0 Å². The number of hydrogen-bond acceptors (Lipinski definition) is 3. The van der Waals surface area contributed by atoms with Crippen molar-refractivity contribution in [2.24, 2.45) is 20.8 Å². The fourth-order valence-electron chi connectivity index (χ4n) is 2.33. The Balaban J connectivity index is 2.38. The summed E-state index contributed by atoms with van der Waals surface area (Å²) in [6.45, 7) is 7.55. The highest BCUT2D eigenvalue weighted by Gasteiger charge is 2.39. The van der Waals surface area contributed by atoms with E-state index in [0.29, 0.717) is 11.3 Å². The second-order valence-electron chi connectivity index (χ2n) is 7.55. The molecule has 0 saturated carbocycles. The smallest absolute Gasteiger partial charge is 0.318 e. The van der Waals surface area contributed by atoms with Crippen LogP contribution in [0.5, 0.6) is 0 Å². The van der Waals surface area contributed by atoms with E-state index in [2.05, 4.69) is 21.8 Å². The molecule has 0 atom stereocenters. The molecule has 0 fully saturated rings. The number of amidine groups is 1. The van der Waals surface area contributed by atoms with E-state index in [4.69, 9.17) is 11.6 Å². The summed E-state index contributed by atoms with van der Waals surface area (Å²) in [5.74, 6) is 3.71. The zero-order valence-electron chi connectivity index (χ0n) is 15.8. The monoisotopic (exact) mass is 409 g/mol. The minimum Gasteiger partial charge on any atom is -0.318 e. The number of carbonyl (C=O) groups excluding carboxylic acids is 1. The van der Waals surface area contributed by atoms with E-state index in [9.17, 15) is 18.0 Å². The zero-order chi connectivity index (χ0) is 21.2. The first-order valence-corrected chi connectivity index (χ1v) is 8.70. The average Bonchev–Trinajstić information content (AvgIpc) is 2.76. The van der Waals surface area contributed by atoms with Gasteiger partial charge in [-0.1, -0.05) is 45.8 Å². The molecule has 1 amide bonds. The highest BCUT2D eigenvalue weighted by atomic mass is 35.5. The number of rotatable bonds is 1. The summed E-state index contributed by atoms with van der Waals surface area (Å²) in [7, 11) is 0. The lowest BCUT2D eigenvalue weighted by molar-refractivity contribution is -0.172. The van der Waals surface area contributed by atoms with Crippen LogP contribution in [0.1, 0.15) is 27.7 Å². The molecule has 148 valence electrons. The third kappa shape index (κ3) is 6.54. The molecular weight excluding hydrogens is 391 g/mol. The van der Waals surface area contributed by atoms with Gasteiger partial charge in [-0.3, -0.25) is 4.79 Å². The van der Waals surface area contributed by atoms with Gasteiger partial charge >= 0.3 is 12.1 Å². The van der Waals surface area contributed by atoms with Crippen LogP contribution in [0.25, 0.3) is 0 Å². The Bertz CT molecular complexity index is 921. The molecule has 2 rings (SSSR count). The van der Waals surface area contributed by atoms with Gasteiger partial charge in [0.25, 0.3) is 0 Å². The number of carbonyl (C=O) groups is 1. The van der Waals surface area contributed by atoms with Crippen LogP contribution in [0.3, 0.4) is 0 Å². The number of alkyl halides is 3. The van der Waals surface area contributed by atoms with Crippen molar-refractivity contribution in [1.29, 1.82) is 0 Å². The number of aliphatic imine (C=N–C) groups is 2. The summed E-state index contributed by atoms with van der Waals surface area (Å²) in [5.41, 5.74) is -0.0783. The maximum absolute atomic E-state index is 12.5. The Labute approximate surface area is 166 Å². The molecule has 0 aromatic heterocycles. The van der Waals surface area contributed by atoms with Gasteiger partial charge in [0, 0.05) is 28.3 Å². The molecule has 0 radical (unpaired) electrons. The first-order chi connectivity index (χ1) is 12.8. The molecule has 0 bridgehead atoms. The zero-order valence-corrected chi connectivity index (χ0v) is 16.5. The summed E-state index contributed by atoms with van der Waals surface area (Å²) in [6.07, 6.45) is 4.73. The number of nitrogens with zero attached hydrogens (tertiary/aromatic N) is 2. The van der Waals surface area contributed by atoms with Crippen LogP contribution in [0.4, 0.5) is 13.2 Å². The summed E-state index contributed by atoms with van der Waals surface area (Å²) in [4.78, 5) is 19.4. The van der Waals surface area contributed by atoms with Crippen LogP contribution in [0, 0.1) is 22.7 Å². The van der Waals surface area contributed by atoms with Crippen LogP contribution in [-0.4, -0.2) is 23.6 Å². The molecule has 0 unspecified atom stereocenters. The molecule has 2 aliphatic rings. The molecule has 1 heterocycles. The van der Waals surface area contributed by atoms with Gasteiger partial charge in [-0.25, -0.2) is 9.98 Å². The molecule has 28 heavy (non-hydrogen) atoms. The van der Waals surface area contributed by atoms with E-state index in [0.717, 1.165) is 0 Å². The molecule has 1 aliphatic heterocycles. The van der Waals surface area contributed by atoms with Crippen molar-refractivity contribution in [2.75, 3.05) is 0 Å². The van der Waals surface area contributed by atoms with Gasteiger partial charge in [0.1, 0.15) is 5.70 Å². The van der Waals surface area contributed by atoms with Gasteiger partial charge in [-0.15, -0.1) is 0 Å². The maximum Gasteiger partial charge on any atom is 0.471 e. The maximum atomic E-state index is 12.5. The number of halogens is 4. The normalized spacial score (nSPS) is 20.4. The molecule has 4 nitrogen and oxygen atoms in total. The Morgan fingerprint density at radius 1 is 1.14 bits per heavy atom. The van der Waals surface area contributed by atoms with E-state index < -0.39 is 22.9 Å². The Morgan fingerprint density at radius 3 is 2.46 bits per heavy atom. The standard InChI is InChI=1S/C20H19ClF3N3O/c1-18(2)8-7-14(26-16(28)20(22,23)24)9-13(10-18)5-6-15-11-19(3,4)12-25-17(21)27-15/h7-12H,1-4H3,(H,26,28). The molecule has 8 heteroatoms. The van der Waals surface area contributed by atoms with Crippen LogP contribution in [0.15, 0.2) is 57.3 Å². The summed E-state index contributed by atoms with van der Waals surface area (Å²) in [6, 6.07) is 0. The molecule has 0 aromatic carbocycles. The topological polar surface area (TPSA) is 53.8 Å². The Morgan fingerprint density at radius 2 is 1.82 bits per heavy atom. The summed E-state index contributed by atoms with van der Waals surface area (Å²) in [5, 5.41) is 1.89. The fraction of sp³-hybridized carbons (Fsp3) is 0.350. The fourth-order valence-corrected chi connectivity index (χ4v) is 2.47. The van der Waals surface area contributed by atoms with Gasteiger partial charge in [-0.2, -0.15) is 13.2 Å². The lowest BCUT2D eigenvalue weighted by atomic mass is 9.91. The highest BCUT2D eigenvalue weighted by molar-refractivity contribution is 6.65. The highest BCUT2D eigenvalue weighted by Crippen LogP contribution is 2.26. The van der Waals surface area contributed by atoms with Gasteiger partial charge in [0.15, 0.2) is 0 Å². The Kier molecular flexibility index (Phi) is 6.05. The number of allylic oxidation sites excluding steroid dienone is 7. The number of amides is 1. The molecular formula is C20H19ClF3N3O. The van der Waals surface area contributed by atoms with E-state index >= 15 is 0 Å². The van der Waals surface area contributed by atoms with Crippen molar-refractivity contribution in [3.05, 3.63) is 47.3 Å². The van der Waals surface area contributed by atoms with Crippen LogP contribution in [0.2, 0.25) is 0 Å². The van der Waals surface area contributed by atoms with E-state index in [1.165, 1.54) is 12.2 Å². The first kappa shape index (κ1) is 21.7. The summed E-state index contributed by atoms with van der Waals surface area (Å²) >= 11 is 5.91. The Hall–Kier alpha value is -2.59. The molecule has 0 spiro atoms. The van der Waals surface area contributed by atoms with Crippen molar-refractivity contribution in [2.45, 2.75) is 33.9 Å². The van der Waals surface area contributed by atoms with E-state index in [1.807, 2.05) is 33.0 Å². The SMILES string of the molecule is CC1(C)C=CC(NC(=O)C(F)(F)F)=CC(C#CC2=CC(C)(C)C=NC(Cl)=N2)=C1. The lowest BCUT2D eigenvalue weighted by Crippen LogP contribution is -2.35. The largest absolute Gasteiger partial charge is 0.471 e. The van der Waals surface area contributed by atoms with Crippen molar-refractivity contribution in [3.8, 4) is 11.8 Å². The van der Waals surface area contributed by atoms with Crippen molar-refractivity contribution in [3.63, 3.8) is 0 Å². The minimum absolute atomic E-state index is 0.00603. The van der Waals surface area contributed by atoms with Gasteiger partial charge in [0.2, 0.25) is 5.29 Å². The average molecular weight is 410 g/mol. The first-order valence-electron chi connectivity index (χ1n) is 8.32. The van der Waals surface area contributed by atoms with E-state index in [-0.39, 0.29) is 11.0 Å². The third-order valence-electron chi connectivity index (χ3n) is 3.61. The minimum atomic E-state index is -4.98. The van der Waals surface area contributed by atoms with Crippen LogP contribution in [-0.2, 0) is 4.79 Å². The summed E-state index contributed by atoms with van der Waals surface area (Å²) < 4.78 is 37.6. The predicted molar refractivity (Wildman–Crippen MR) is 105 cm³/mol. The van der Waals surface area contributed by atoms with Gasteiger partial charge in [0.05, 0.1) is 0 Å². The van der Waals surface area contributed by atoms with Gasteiger partial charge in [-0.05, 0) is 35.7 Å². The third-order valence-corrected chi connectivity index (χ3v) is 3.79. The second-order valence-corrected chi connectivity index (χ2v) is 7.88. The second kappa shape index (κ2) is 7.80. The molecule has 0 saturated heterocycles. The van der Waals surface area contributed by atoms with Crippen molar-refractivity contribution in [1.82, 2.24) is 5.32 Å². The van der Waals surface area contributed by atoms with Crippen LogP contribution < -0.4 is 5.32 Å². The number of hydrogen-bond donors (Lipinski definition) is 1. The molecule has 1 aliphatic carbocycles. The number of nitrogens with one attached hydrogen (secondary N) is 1. The molecule has 1 N–H and O–H groups in total. The van der Waals surface area contributed by atoms with E-state index in [1.54, 1.807) is 24.4 Å².